The van der Waals surface area contributed by atoms with Gasteiger partial charge in [0.15, 0.2) is 0 Å². The molecule has 1 aromatic heterocycles. The van der Waals surface area contributed by atoms with Gasteiger partial charge in [-0.25, -0.2) is 13.2 Å². The number of piperazine rings is 1. The van der Waals surface area contributed by atoms with Gasteiger partial charge in [0.2, 0.25) is 15.9 Å². The number of carbonyl (C=O) groups excluding carboxylic acids is 2. The number of ether oxygens (including phenoxy) is 1. The van der Waals surface area contributed by atoms with Crippen LogP contribution in [0.5, 0.6) is 0 Å². The summed E-state index contributed by atoms with van der Waals surface area (Å²) in [6.45, 7) is 6.62. The van der Waals surface area contributed by atoms with Crippen LogP contribution in [0, 0.1) is 5.41 Å². The number of nitrogens with zero attached hydrogens (tertiary/aromatic N) is 2. The highest BCUT2D eigenvalue weighted by Gasteiger charge is 2.35. The van der Waals surface area contributed by atoms with E-state index in [-0.39, 0.29) is 28.8 Å². The Labute approximate surface area is 146 Å². The van der Waals surface area contributed by atoms with Gasteiger partial charge < -0.3 is 9.64 Å². The van der Waals surface area contributed by atoms with Gasteiger partial charge in [0, 0.05) is 31.6 Å². The molecule has 9 heteroatoms. The van der Waals surface area contributed by atoms with Crippen molar-refractivity contribution in [2.24, 2.45) is 5.41 Å². The largest absolute Gasteiger partial charge is 0.465 e. The predicted octanol–water partition coefficient (Wildman–Crippen LogP) is 1.41. The Kier molecular flexibility index (Phi) is 5.36. The summed E-state index contributed by atoms with van der Waals surface area (Å²) in [7, 11) is -2.57. The number of amides is 1. The fraction of sp³-hybridized carbons (Fsp3) is 0.600. The van der Waals surface area contributed by atoms with Crippen LogP contribution in [0.15, 0.2) is 16.3 Å². The molecule has 0 bridgehead atoms. The van der Waals surface area contributed by atoms with Gasteiger partial charge in [-0.3, -0.25) is 4.79 Å². The van der Waals surface area contributed by atoms with Crippen molar-refractivity contribution in [1.82, 2.24) is 9.21 Å². The van der Waals surface area contributed by atoms with Crippen LogP contribution in [0.4, 0.5) is 0 Å². The van der Waals surface area contributed by atoms with Crippen LogP contribution in [0.2, 0.25) is 0 Å². The maximum Gasteiger partial charge on any atom is 0.349 e. The van der Waals surface area contributed by atoms with Gasteiger partial charge in [-0.1, -0.05) is 20.8 Å². The molecule has 0 unspecified atom stereocenters. The lowest BCUT2D eigenvalue weighted by Crippen LogP contribution is -2.53. The van der Waals surface area contributed by atoms with E-state index < -0.39 is 21.4 Å². The lowest BCUT2D eigenvalue weighted by Gasteiger charge is -2.37. The van der Waals surface area contributed by atoms with Gasteiger partial charge in [0.1, 0.15) is 9.77 Å². The molecule has 0 N–H and O–H groups in total. The number of methoxy groups -OCH3 is 1. The van der Waals surface area contributed by atoms with Crippen molar-refractivity contribution in [2.45, 2.75) is 25.7 Å². The molecule has 1 fully saturated rings. The second kappa shape index (κ2) is 6.81. The number of thiophene rings is 1. The predicted molar refractivity (Wildman–Crippen MR) is 90.5 cm³/mol. The monoisotopic (exact) mass is 374 g/mol. The zero-order valence-corrected chi connectivity index (χ0v) is 15.9. The van der Waals surface area contributed by atoms with Gasteiger partial charge >= 0.3 is 5.97 Å². The molecular weight excluding hydrogens is 352 g/mol. The summed E-state index contributed by atoms with van der Waals surface area (Å²) in [6.07, 6.45) is 0. The maximum atomic E-state index is 12.8. The SMILES string of the molecule is COC(=O)c1sccc1S(=O)(=O)N1CCN(C(=O)C(C)(C)C)CC1. The first-order chi connectivity index (χ1) is 11.1. The molecule has 0 saturated carbocycles. The van der Waals surface area contributed by atoms with Crippen LogP contribution >= 0.6 is 11.3 Å². The van der Waals surface area contributed by atoms with E-state index in [0.717, 1.165) is 11.3 Å². The van der Waals surface area contributed by atoms with E-state index in [1.807, 2.05) is 20.8 Å². The van der Waals surface area contributed by atoms with Crippen molar-refractivity contribution in [3.63, 3.8) is 0 Å². The Morgan fingerprint density at radius 1 is 1.17 bits per heavy atom. The van der Waals surface area contributed by atoms with Crippen LogP contribution in [0.3, 0.4) is 0 Å². The third-order valence-corrected chi connectivity index (χ3v) is 6.75. The molecule has 1 aliphatic heterocycles. The first kappa shape index (κ1) is 18.9. The average molecular weight is 374 g/mol. The van der Waals surface area contributed by atoms with Gasteiger partial charge in [0.05, 0.1) is 7.11 Å². The van der Waals surface area contributed by atoms with E-state index in [0.29, 0.717) is 13.1 Å². The zero-order chi connectivity index (χ0) is 18.1. The number of carbonyl (C=O) groups is 2. The molecule has 0 aromatic carbocycles. The van der Waals surface area contributed by atoms with Crippen molar-refractivity contribution < 1.29 is 22.7 Å². The molecule has 0 spiro atoms. The van der Waals surface area contributed by atoms with Gasteiger partial charge in [-0.2, -0.15) is 4.31 Å². The van der Waals surface area contributed by atoms with Crippen molar-refractivity contribution in [3.8, 4) is 0 Å². The average Bonchev–Trinajstić information content (AvgIpc) is 3.03. The molecule has 2 rings (SSSR count). The Morgan fingerprint density at radius 2 is 1.75 bits per heavy atom. The normalized spacial score (nSPS) is 16.9. The minimum Gasteiger partial charge on any atom is -0.465 e. The van der Waals surface area contributed by atoms with E-state index >= 15 is 0 Å². The first-order valence-electron chi connectivity index (χ1n) is 7.54. The van der Waals surface area contributed by atoms with E-state index in [4.69, 9.17) is 0 Å². The number of esters is 1. The van der Waals surface area contributed by atoms with E-state index in [1.54, 1.807) is 10.3 Å². The minimum atomic E-state index is -3.78. The molecule has 1 aliphatic rings. The second-order valence-corrected chi connectivity index (χ2v) is 9.37. The first-order valence-corrected chi connectivity index (χ1v) is 9.86. The highest BCUT2D eigenvalue weighted by atomic mass is 32.2. The Balaban J connectivity index is 2.15. The highest BCUT2D eigenvalue weighted by molar-refractivity contribution is 7.89. The van der Waals surface area contributed by atoms with Crippen molar-refractivity contribution >= 4 is 33.2 Å². The summed E-state index contributed by atoms with van der Waals surface area (Å²) >= 11 is 1.04. The summed E-state index contributed by atoms with van der Waals surface area (Å²) in [5.41, 5.74) is -0.494. The highest BCUT2D eigenvalue weighted by Crippen LogP contribution is 2.27. The van der Waals surface area contributed by atoms with Crippen molar-refractivity contribution in [1.29, 1.82) is 0 Å². The standard InChI is InChI=1S/C15H22N2O5S2/c1-15(2,3)14(19)16-6-8-17(9-7-16)24(20,21)11-5-10-23-12(11)13(18)22-4/h5,10H,6-9H2,1-4H3. The molecule has 1 amide bonds. The molecule has 0 atom stereocenters. The van der Waals surface area contributed by atoms with Crippen LogP contribution in [-0.2, 0) is 19.6 Å². The molecule has 24 heavy (non-hydrogen) atoms. The smallest absolute Gasteiger partial charge is 0.349 e. The van der Waals surface area contributed by atoms with Crippen LogP contribution < -0.4 is 0 Å². The lowest BCUT2D eigenvalue weighted by atomic mass is 9.94. The summed E-state index contributed by atoms with van der Waals surface area (Å²) < 4.78 is 31.5. The van der Waals surface area contributed by atoms with E-state index in [2.05, 4.69) is 4.74 Å². The zero-order valence-electron chi connectivity index (χ0n) is 14.2. The Hall–Kier alpha value is -1.45. The lowest BCUT2D eigenvalue weighted by molar-refractivity contribution is -0.140. The number of rotatable bonds is 3. The molecule has 0 aliphatic carbocycles. The van der Waals surface area contributed by atoms with Crippen molar-refractivity contribution in [3.05, 3.63) is 16.3 Å². The summed E-state index contributed by atoms with van der Waals surface area (Å²) in [5, 5.41) is 1.55. The molecule has 134 valence electrons. The minimum absolute atomic E-state index is 0.00494. The number of sulfonamides is 1. The van der Waals surface area contributed by atoms with Gasteiger partial charge in [0.25, 0.3) is 0 Å². The molecule has 1 aromatic rings. The summed E-state index contributed by atoms with van der Waals surface area (Å²) in [5.74, 6) is -0.657. The third-order valence-electron chi connectivity index (χ3n) is 3.79. The fourth-order valence-electron chi connectivity index (χ4n) is 2.49. The fourth-order valence-corrected chi connectivity index (χ4v) is 5.22. The Bertz CT molecular complexity index is 725. The maximum absolute atomic E-state index is 12.8. The van der Waals surface area contributed by atoms with E-state index in [9.17, 15) is 18.0 Å². The topological polar surface area (TPSA) is 84.0 Å². The van der Waals surface area contributed by atoms with Gasteiger partial charge in [-0.05, 0) is 11.4 Å². The molecule has 2 heterocycles. The summed E-state index contributed by atoms with van der Waals surface area (Å²) in [4.78, 5) is 25.7. The van der Waals surface area contributed by atoms with Gasteiger partial charge in [-0.15, -0.1) is 11.3 Å². The quantitative estimate of drug-likeness (QED) is 0.747. The van der Waals surface area contributed by atoms with Crippen LogP contribution in [0.1, 0.15) is 30.4 Å². The third kappa shape index (κ3) is 3.62. The van der Waals surface area contributed by atoms with E-state index in [1.165, 1.54) is 17.5 Å². The van der Waals surface area contributed by atoms with Crippen LogP contribution in [-0.4, -0.2) is 62.8 Å². The molecular formula is C15H22N2O5S2. The second-order valence-electron chi connectivity index (χ2n) is 6.55. The molecule has 7 nitrogen and oxygen atoms in total. The summed E-state index contributed by atoms with van der Waals surface area (Å²) in [6, 6.07) is 1.42. The van der Waals surface area contributed by atoms with Crippen LogP contribution in [0.25, 0.3) is 0 Å². The Morgan fingerprint density at radius 3 is 2.25 bits per heavy atom. The number of hydrogen-bond donors (Lipinski definition) is 0. The molecule has 0 radical (unpaired) electrons. The number of hydrogen-bond acceptors (Lipinski definition) is 6. The molecule has 1 saturated heterocycles. The van der Waals surface area contributed by atoms with Crippen molar-refractivity contribution in [2.75, 3.05) is 33.3 Å².